The summed E-state index contributed by atoms with van der Waals surface area (Å²) in [6.07, 6.45) is 2.78. The summed E-state index contributed by atoms with van der Waals surface area (Å²) >= 11 is 0. The number of rotatable bonds is 4. The van der Waals surface area contributed by atoms with Gasteiger partial charge in [0.2, 0.25) is 0 Å². The summed E-state index contributed by atoms with van der Waals surface area (Å²) in [6.45, 7) is 3.13. The highest BCUT2D eigenvalue weighted by atomic mass is 16.6. The van der Waals surface area contributed by atoms with Crippen molar-refractivity contribution in [2.75, 3.05) is 18.8 Å². The van der Waals surface area contributed by atoms with Gasteiger partial charge in [0.25, 0.3) is 5.69 Å². The molecule has 0 aromatic heterocycles. The van der Waals surface area contributed by atoms with E-state index in [9.17, 15) is 10.1 Å². The standard InChI is InChI=1S/C13H12O.C6H5NO2.C6H7N.C6H6O.C4H9N/c1-3-7-12(8-4-1)11-14-13-9-5-2-6-10-13;8-7(9)6-4-2-1-3-5-6;2*7-6-4-2-1-3-5-6;1-2-4-5-3-1/h1-10H,11H2;1-5H;1-5H,7H2;1-5,7H;5H,1-4H2. The normalized spacial score (nSPS) is 10.9. The van der Waals surface area contributed by atoms with Gasteiger partial charge < -0.3 is 20.9 Å². The average Bonchev–Trinajstić information content (AvgIpc) is 3.64. The van der Waals surface area contributed by atoms with Crippen LogP contribution in [0.4, 0.5) is 11.4 Å². The Hall–Kier alpha value is -5.14. The number of nitro benzene ring substituents is 1. The Labute approximate surface area is 248 Å². The number of non-ortho nitro benzene ring substituents is 1. The third kappa shape index (κ3) is 16.7. The maximum absolute atomic E-state index is 10.0. The van der Waals surface area contributed by atoms with Gasteiger partial charge >= 0.3 is 0 Å². The maximum atomic E-state index is 10.0. The van der Waals surface area contributed by atoms with Crippen LogP contribution in [0.15, 0.2) is 152 Å². The van der Waals surface area contributed by atoms with Gasteiger partial charge in [-0.2, -0.15) is 0 Å². The molecule has 0 bridgehead atoms. The summed E-state index contributed by atoms with van der Waals surface area (Å²) in [4.78, 5) is 9.59. The van der Waals surface area contributed by atoms with Gasteiger partial charge in [-0.25, -0.2) is 0 Å². The van der Waals surface area contributed by atoms with Gasteiger partial charge in [0.15, 0.2) is 0 Å². The van der Waals surface area contributed by atoms with Crippen LogP contribution in [0, 0.1) is 10.1 Å². The number of nitrogens with one attached hydrogen (secondary N) is 1. The van der Waals surface area contributed by atoms with Crippen LogP contribution < -0.4 is 15.8 Å². The third-order valence-electron chi connectivity index (χ3n) is 5.47. The van der Waals surface area contributed by atoms with Crippen LogP contribution in [0.2, 0.25) is 0 Å². The highest BCUT2D eigenvalue weighted by Crippen LogP contribution is 2.11. The van der Waals surface area contributed by atoms with E-state index in [1.54, 1.807) is 42.5 Å². The Balaban J connectivity index is 0.000000193. The van der Waals surface area contributed by atoms with E-state index in [2.05, 4.69) is 17.4 Å². The summed E-state index contributed by atoms with van der Waals surface area (Å²) in [5.41, 5.74) is 7.51. The summed E-state index contributed by atoms with van der Waals surface area (Å²) in [5.74, 6) is 1.24. The van der Waals surface area contributed by atoms with E-state index in [1.807, 2.05) is 84.9 Å². The lowest BCUT2D eigenvalue weighted by Gasteiger charge is -2.05. The van der Waals surface area contributed by atoms with E-state index in [0.717, 1.165) is 11.4 Å². The number of anilines is 1. The largest absolute Gasteiger partial charge is 0.508 e. The first-order valence-electron chi connectivity index (χ1n) is 13.7. The number of aromatic hydroxyl groups is 1. The zero-order chi connectivity index (χ0) is 30.1. The van der Waals surface area contributed by atoms with Crippen molar-refractivity contribution >= 4 is 11.4 Å². The summed E-state index contributed by atoms with van der Waals surface area (Å²) in [7, 11) is 0. The number of nitrogen functional groups attached to an aromatic ring is 1. The van der Waals surface area contributed by atoms with Crippen molar-refractivity contribution < 1.29 is 14.8 Å². The van der Waals surface area contributed by atoms with Crippen molar-refractivity contribution in [1.82, 2.24) is 5.32 Å². The van der Waals surface area contributed by atoms with E-state index in [-0.39, 0.29) is 5.69 Å². The summed E-state index contributed by atoms with van der Waals surface area (Å²) in [5, 5.41) is 21.9. The minimum atomic E-state index is -0.417. The SMILES string of the molecule is C1CCNC1.Nc1ccccc1.O=[N+]([O-])c1ccccc1.Oc1ccccc1.c1ccc(COc2ccccc2)cc1. The number of hydrogen-bond acceptors (Lipinski definition) is 6. The first-order valence-corrected chi connectivity index (χ1v) is 13.7. The molecule has 42 heavy (non-hydrogen) atoms. The van der Waals surface area contributed by atoms with Crippen molar-refractivity contribution in [2.24, 2.45) is 0 Å². The maximum Gasteiger partial charge on any atom is 0.269 e. The van der Waals surface area contributed by atoms with Crippen molar-refractivity contribution in [3.05, 3.63) is 167 Å². The van der Waals surface area contributed by atoms with Crippen molar-refractivity contribution in [3.63, 3.8) is 0 Å². The fraction of sp³-hybridized carbons (Fsp3) is 0.143. The molecule has 1 saturated heterocycles. The molecule has 5 aromatic rings. The highest BCUT2D eigenvalue weighted by Gasteiger charge is 1.98. The number of nitrogens with two attached hydrogens (primary N) is 1. The minimum absolute atomic E-state index is 0.137. The van der Waals surface area contributed by atoms with Crippen molar-refractivity contribution in [1.29, 1.82) is 0 Å². The van der Waals surface area contributed by atoms with Crippen LogP contribution in [0.1, 0.15) is 18.4 Å². The van der Waals surface area contributed by atoms with Gasteiger partial charge in [0.1, 0.15) is 18.1 Å². The van der Waals surface area contributed by atoms with Gasteiger partial charge in [0, 0.05) is 17.8 Å². The van der Waals surface area contributed by atoms with E-state index >= 15 is 0 Å². The second kappa shape index (κ2) is 21.7. The summed E-state index contributed by atoms with van der Waals surface area (Å²) < 4.78 is 5.59. The number of benzene rings is 5. The zero-order valence-corrected chi connectivity index (χ0v) is 23.7. The molecular weight excluding hydrogens is 526 g/mol. The molecule has 5 aromatic carbocycles. The number of nitro groups is 1. The quantitative estimate of drug-likeness (QED) is 0.116. The Morgan fingerprint density at radius 3 is 1.43 bits per heavy atom. The fourth-order valence-corrected chi connectivity index (χ4v) is 3.31. The number of phenolic OH excluding ortho intramolecular Hbond substituents is 1. The van der Waals surface area contributed by atoms with Crippen LogP contribution in [0.3, 0.4) is 0 Å². The molecule has 1 aliphatic heterocycles. The monoisotopic (exact) mass is 565 g/mol. The molecule has 218 valence electrons. The first-order chi connectivity index (χ1) is 20.5. The molecule has 0 amide bonds. The summed E-state index contributed by atoms with van der Waals surface area (Å²) in [6, 6.07) is 46.1. The lowest BCUT2D eigenvalue weighted by atomic mass is 10.2. The third-order valence-corrected chi connectivity index (χ3v) is 5.47. The van der Waals surface area contributed by atoms with Crippen molar-refractivity contribution in [2.45, 2.75) is 19.4 Å². The smallest absolute Gasteiger partial charge is 0.269 e. The molecule has 1 heterocycles. The molecule has 4 N–H and O–H groups in total. The molecule has 0 spiro atoms. The van der Waals surface area contributed by atoms with Crippen LogP contribution in [0.25, 0.3) is 0 Å². The molecule has 0 radical (unpaired) electrons. The molecular formula is C35H39N3O4. The second-order valence-corrected chi connectivity index (χ2v) is 8.88. The predicted molar refractivity (Wildman–Crippen MR) is 171 cm³/mol. The van der Waals surface area contributed by atoms with Crippen LogP contribution >= 0.6 is 0 Å². The van der Waals surface area contributed by atoms with E-state index in [1.165, 1.54) is 43.6 Å². The molecule has 0 unspecified atom stereocenters. The van der Waals surface area contributed by atoms with E-state index in [4.69, 9.17) is 15.6 Å². The highest BCUT2D eigenvalue weighted by molar-refractivity contribution is 5.36. The molecule has 7 nitrogen and oxygen atoms in total. The van der Waals surface area contributed by atoms with Gasteiger partial charge in [0.05, 0.1) is 4.92 Å². The lowest BCUT2D eigenvalue weighted by Crippen LogP contribution is -2.03. The zero-order valence-electron chi connectivity index (χ0n) is 23.7. The molecule has 0 atom stereocenters. The number of ether oxygens (including phenoxy) is 1. The molecule has 7 heteroatoms. The van der Waals surface area contributed by atoms with Crippen LogP contribution in [0.5, 0.6) is 11.5 Å². The second-order valence-electron chi connectivity index (χ2n) is 8.88. The lowest BCUT2D eigenvalue weighted by molar-refractivity contribution is -0.384. The predicted octanol–water partition coefficient (Wildman–Crippen LogP) is 7.89. The number of phenols is 1. The molecule has 0 saturated carbocycles. The Bertz CT molecular complexity index is 1240. The first kappa shape index (κ1) is 33.1. The molecule has 6 rings (SSSR count). The Morgan fingerprint density at radius 1 is 0.667 bits per heavy atom. The average molecular weight is 566 g/mol. The van der Waals surface area contributed by atoms with Gasteiger partial charge in [-0.1, -0.05) is 103 Å². The molecule has 1 fully saturated rings. The van der Waals surface area contributed by atoms with Crippen LogP contribution in [-0.2, 0) is 6.61 Å². The number of hydrogen-bond donors (Lipinski definition) is 3. The van der Waals surface area contributed by atoms with Gasteiger partial charge in [-0.05, 0) is 67.9 Å². The van der Waals surface area contributed by atoms with Crippen LogP contribution in [-0.4, -0.2) is 23.1 Å². The number of nitrogens with zero attached hydrogens (tertiary/aromatic N) is 1. The Morgan fingerprint density at radius 2 is 1.10 bits per heavy atom. The minimum Gasteiger partial charge on any atom is -0.508 e. The van der Waals surface area contributed by atoms with E-state index in [0.29, 0.717) is 12.4 Å². The van der Waals surface area contributed by atoms with Crippen molar-refractivity contribution in [3.8, 4) is 11.5 Å². The Kier molecular flexibility index (Phi) is 17.0. The molecule has 0 aliphatic carbocycles. The topological polar surface area (TPSA) is 111 Å². The number of para-hydroxylation sites is 4. The van der Waals surface area contributed by atoms with E-state index < -0.39 is 4.92 Å². The van der Waals surface area contributed by atoms with Gasteiger partial charge in [-0.15, -0.1) is 0 Å². The molecule has 1 aliphatic rings. The van der Waals surface area contributed by atoms with Gasteiger partial charge in [-0.3, -0.25) is 10.1 Å². The fourth-order valence-electron chi connectivity index (χ4n) is 3.31.